The topological polar surface area (TPSA) is 0 Å². The van der Waals surface area contributed by atoms with Crippen LogP contribution in [-0.4, -0.2) is 0 Å². The summed E-state index contributed by atoms with van der Waals surface area (Å²) in [5, 5.41) is 0. The molecule has 0 amide bonds. The van der Waals surface area contributed by atoms with Gasteiger partial charge in [0.05, 0.1) is 0 Å². The number of hydrogen-bond donors (Lipinski definition) is 0. The van der Waals surface area contributed by atoms with Crippen molar-refractivity contribution in [1.29, 1.82) is 0 Å². The fraction of sp³-hybridized carbons (Fsp3) is 1.00. The van der Waals surface area contributed by atoms with E-state index in [1.54, 1.807) is 0 Å². The summed E-state index contributed by atoms with van der Waals surface area (Å²) in [7, 11) is 0. The number of rotatable bonds is 60. The van der Waals surface area contributed by atoms with Crippen molar-refractivity contribution in [3.8, 4) is 0 Å². The van der Waals surface area contributed by atoms with Crippen molar-refractivity contribution >= 4 is 0 Å². The second kappa shape index (κ2) is 58.6. The Labute approximate surface area is 596 Å². The molecule has 0 nitrogen and oxygen atoms in total. The minimum Gasteiger partial charge on any atom is -0.0649 e. The van der Waals surface area contributed by atoms with Crippen LogP contribution in [-0.2, 0) is 0 Å². The molecular weight excluding hydrogens is 1120 g/mol. The van der Waals surface area contributed by atoms with Crippen LogP contribution < -0.4 is 0 Å². The standard InChI is InChI=1S/C32H66.C31H64.C30H62/c1-12-32(11,23-14-17-28(7)19-21-31(10)26(4)5)24-22-29(8)16-13-15-27(6)18-20-30(9)25(2)3;1-11-31(10,23-14-19-27(6)16-12-15-25(2)3)24-22-29(8)18-13-17-28(7)20-21-30(9)26(4)5;1-10-30(9,23-14-21-28(7)18-12-16-26(4)5)24-22-29(8)20-13-19-27(6)17-11-15-25(2)3/h25-31H,12-24H2,1-11H3;25-30H,11-24H2,1-10H3;25-29H,10-24H2,1-9H3. The van der Waals surface area contributed by atoms with Crippen molar-refractivity contribution in [3.63, 3.8) is 0 Å². The molecule has 564 valence electrons. The lowest BCUT2D eigenvalue weighted by molar-refractivity contribution is 0.219. The molecule has 93 heavy (non-hydrogen) atoms. The van der Waals surface area contributed by atoms with Crippen molar-refractivity contribution in [2.75, 3.05) is 0 Å². The van der Waals surface area contributed by atoms with E-state index in [1.807, 2.05) is 0 Å². The molecule has 0 heterocycles. The van der Waals surface area contributed by atoms with Crippen LogP contribution in [0.3, 0.4) is 0 Å². The van der Waals surface area contributed by atoms with E-state index in [2.05, 4.69) is 208 Å². The van der Waals surface area contributed by atoms with Crippen molar-refractivity contribution in [2.24, 2.45) is 123 Å². The molecule has 0 heteroatoms. The molecule has 0 bridgehead atoms. The lowest BCUT2D eigenvalue weighted by Crippen LogP contribution is -2.17. The molecule has 0 saturated heterocycles. The summed E-state index contributed by atoms with van der Waals surface area (Å²) in [6.07, 6.45) is 60.0. The average molecular weight is 1310 g/mol. The minimum absolute atomic E-state index is 0.569. The quantitative estimate of drug-likeness (QED) is 0.0569. The summed E-state index contributed by atoms with van der Waals surface area (Å²) in [4.78, 5) is 0. The summed E-state index contributed by atoms with van der Waals surface area (Å²) >= 11 is 0. The van der Waals surface area contributed by atoms with E-state index in [0.717, 1.165) is 107 Å². The van der Waals surface area contributed by atoms with Gasteiger partial charge in [-0.3, -0.25) is 0 Å². The summed E-state index contributed by atoms with van der Waals surface area (Å²) in [5.41, 5.74) is 1.72. The molecule has 0 aromatic rings. The zero-order chi connectivity index (χ0) is 71.6. The zero-order valence-corrected chi connectivity index (χ0v) is 71.6. The summed E-state index contributed by atoms with van der Waals surface area (Å²) < 4.78 is 0. The Morgan fingerprint density at radius 1 is 0.172 bits per heavy atom. The van der Waals surface area contributed by atoms with Gasteiger partial charge in [-0.1, -0.05) is 439 Å². The third kappa shape index (κ3) is 60.5. The third-order valence-corrected chi connectivity index (χ3v) is 26.1. The van der Waals surface area contributed by atoms with Gasteiger partial charge in [0.25, 0.3) is 0 Å². The van der Waals surface area contributed by atoms with Gasteiger partial charge in [0.1, 0.15) is 0 Å². The monoisotopic (exact) mass is 1310 g/mol. The molecule has 0 aliphatic rings. The zero-order valence-electron chi connectivity index (χ0n) is 71.6. The second-order valence-electron chi connectivity index (χ2n) is 38.9. The first kappa shape index (κ1) is 97.2. The predicted octanol–water partition coefficient (Wildman–Crippen LogP) is 34.0. The fourth-order valence-electron chi connectivity index (χ4n) is 14.9. The summed E-state index contributed by atoms with van der Waals surface area (Å²) in [6.45, 7) is 73.1. The SMILES string of the molecule is CCC(C)(CCCC(C)CCC(C)C(C)C)CCC(C)CCCC(C)CCC(C)C(C)C.CCC(C)(CCCC(C)CCCC(C)C)CCC(C)CCCC(C)CCC(C)C(C)C.CCC(C)(CCCC(C)CCCC(C)C)CCC(C)CCCC(C)CCCC(C)C. The Balaban J connectivity index is -0.00000131. The molecule has 0 aliphatic heterocycles. The van der Waals surface area contributed by atoms with Crippen LogP contribution in [0.25, 0.3) is 0 Å². The molecule has 0 saturated carbocycles. The van der Waals surface area contributed by atoms with E-state index in [1.165, 1.54) is 270 Å². The average Bonchev–Trinajstić information content (AvgIpc) is 1.32. The van der Waals surface area contributed by atoms with Gasteiger partial charge in [-0.05, 0) is 161 Å². The van der Waals surface area contributed by atoms with Gasteiger partial charge in [-0.15, -0.1) is 0 Å². The Hall–Kier alpha value is 0. The van der Waals surface area contributed by atoms with Crippen molar-refractivity contribution in [2.45, 2.75) is 477 Å². The molecule has 15 unspecified atom stereocenters. The maximum atomic E-state index is 2.57. The predicted molar refractivity (Wildman–Crippen MR) is 434 cm³/mol. The van der Waals surface area contributed by atoms with E-state index in [4.69, 9.17) is 0 Å². The first-order valence-electron chi connectivity index (χ1n) is 43.5. The van der Waals surface area contributed by atoms with Gasteiger partial charge in [-0.25, -0.2) is 0 Å². The van der Waals surface area contributed by atoms with Crippen LogP contribution in [0.1, 0.15) is 477 Å². The van der Waals surface area contributed by atoms with Crippen LogP contribution >= 0.6 is 0 Å². The summed E-state index contributed by atoms with van der Waals surface area (Å²) in [6, 6.07) is 0. The van der Waals surface area contributed by atoms with E-state index < -0.39 is 0 Å². The highest BCUT2D eigenvalue weighted by molar-refractivity contribution is 4.78. The maximum absolute atomic E-state index is 2.57. The van der Waals surface area contributed by atoms with Crippen LogP contribution in [0, 0.1) is 123 Å². The molecule has 0 rings (SSSR count). The van der Waals surface area contributed by atoms with E-state index in [9.17, 15) is 0 Å². The smallest absolute Gasteiger partial charge is 0.0328 e. The normalized spacial score (nSPS) is 18.2. The Morgan fingerprint density at radius 2 is 0.333 bits per heavy atom. The molecule has 0 aliphatic carbocycles. The van der Waals surface area contributed by atoms with Crippen molar-refractivity contribution in [1.82, 2.24) is 0 Å². The largest absolute Gasteiger partial charge is 0.0649 e. The highest BCUT2D eigenvalue weighted by atomic mass is 14.3. The summed E-state index contributed by atoms with van der Waals surface area (Å²) in [5.74, 6) is 16.0. The molecule has 0 spiro atoms. The van der Waals surface area contributed by atoms with E-state index >= 15 is 0 Å². The van der Waals surface area contributed by atoms with Crippen LogP contribution in [0.15, 0.2) is 0 Å². The second-order valence-corrected chi connectivity index (χ2v) is 38.9. The Kier molecular flexibility index (Phi) is 61.3. The maximum Gasteiger partial charge on any atom is -0.0328 e. The van der Waals surface area contributed by atoms with Crippen molar-refractivity contribution in [3.05, 3.63) is 0 Å². The first-order valence-corrected chi connectivity index (χ1v) is 43.5. The van der Waals surface area contributed by atoms with Crippen LogP contribution in [0.4, 0.5) is 0 Å². The highest BCUT2D eigenvalue weighted by Crippen LogP contribution is 2.40. The van der Waals surface area contributed by atoms with Gasteiger partial charge in [0.2, 0.25) is 0 Å². The molecule has 0 fully saturated rings. The van der Waals surface area contributed by atoms with Gasteiger partial charge < -0.3 is 0 Å². The van der Waals surface area contributed by atoms with Gasteiger partial charge in [0, 0.05) is 0 Å². The lowest BCUT2D eigenvalue weighted by atomic mass is 9.75. The minimum atomic E-state index is 0.569. The van der Waals surface area contributed by atoms with Gasteiger partial charge >= 0.3 is 0 Å². The molecule has 0 N–H and O–H groups in total. The van der Waals surface area contributed by atoms with E-state index in [-0.39, 0.29) is 0 Å². The lowest BCUT2D eigenvalue weighted by Gasteiger charge is -2.30. The molecule has 15 atom stereocenters. The Morgan fingerprint density at radius 3 is 0.505 bits per heavy atom. The molecular formula is C93H192. The van der Waals surface area contributed by atoms with Crippen LogP contribution in [0.2, 0.25) is 0 Å². The Bertz CT molecular complexity index is 1550. The number of hydrogen-bond acceptors (Lipinski definition) is 0. The highest BCUT2D eigenvalue weighted by Gasteiger charge is 2.26. The van der Waals surface area contributed by atoms with Gasteiger partial charge in [-0.2, -0.15) is 0 Å². The van der Waals surface area contributed by atoms with Crippen LogP contribution in [0.5, 0.6) is 0 Å². The molecule has 0 radical (unpaired) electrons. The fourth-order valence-corrected chi connectivity index (χ4v) is 14.9. The third-order valence-electron chi connectivity index (χ3n) is 26.1. The first-order chi connectivity index (χ1) is 43.5. The molecule has 0 aromatic heterocycles. The molecule has 0 aromatic carbocycles. The van der Waals surface area contributed by atoms with Gasteiger partial charge in [0.15, 0.2) is 0 Å². The van der Waals surface area contributed by atoms with Crippen molar-refractivity contribution < 1.29 is 0 Å². The van der Waals surface area contributed by atoms with E-state index in [0.29, 0.717) is 16.2 Å².